The van der Waals surface area contributed by atoms with Gasteiger partial charge in [-0.05, 0) is 27.7 Å². The highest BCUT2D eigenvalue weighted by atomic mass is 32.1. The van der Waals surface area contributed by atoms with Gasteiger partial charge in [0.25, 0.3) is 0 Å². The molecule has 2 unspecified atom stereocenters. The Morgan fingerprint density at radius 3 is 2.70 bits per heavy atom. The smallest absolute Gasteiger partial charge is 0.410 e. The van der Waals surface area contributed by atoms with Crippen molar-refractivity contribution in [3.05, 3.63) is 10.0 Å². The Morgan fingerprint density at radius 1 is 1.45 bits per heavy atom. The number of aliphatic hydroxyl groups is 1. The Morgan fingerprint density at radius 2 is 2.15 bits per heavy atom. The molecule has 0 saturated carbocycles. The van der Waals surface area contributed by atoms with E-state index in [9.17, 15) is 9.90 Å². The second kappa shape index (κ2) is 5.65. The van der Waals surface area contributed by atoms with Crippen LogP contribution in [0.4, 0.5) is 4.79 Å². The van der Waals surface area contributed by atoms with Crippen LogP contribution < -0.4 is 0 Å². The number of β-amino-alcohol motifs (C(OH)–C–C–N with tert-alkyl or cyclic N) is 1. The molecular weight excluding hydrogens is 278 g/mol. The number of amides is 1. The van der Waals surface area contributed by atoms with E-state index in [1.54, 1.807) is 4.90 Å². The van der Waals surface area contributed by atoms with E-state index in [1.807, 2.05) is 27.7 Å². The van der Waals surface area contributed by atoms with E-state index in [2.05, 4.69) is 10.2 Å². The maximum Gasteiger partial charge on any atom is 0.410 e. The van der Waals surface area contributed by atoms with Gasteiger partial charge in [0.1, 0.15) is 15.6 Å². The molecule has 2 rings (SSSR count). The van der Waals surface area contributed by atoms with Crippen LogP contribution in [0.1, 0.15) is 30.8 Å². The molecule has 1 aliphatic rings. The van der Waals surface area contributed by atoms with E-state index < -0.39 is 11.7 Å². The van der Waals surface area contributed by atoms with Crippen LogP contribution in [0.2, 0.25) is 0 Å². The summed E-state index contributed by atoms with van der Waals surface area (Å²) in [4.78, 5) is 13.5. The molecule has 7 heteroatoms. The minimum atomic E-state index is -0.535. The fourth-order valence-electron chi connectivity index (χ4n) is 2.17. The number of carbonyl (C=O) groups excluding carboxylic acids is 1. The van der Waals surface area contributed by atoms with Crippen LogP contribution in [-0.2, 0) is 11.2 Å². The van der Waals surface area contributed by atoms with Gasteiger partial charge < -0.3 is 14.7 Å². The largest absolute Gasteiger partial charge is 0.444 e. The Bertz CT molecular complexity index is 483. The maximum absolute atomic E-state index is 12.0. The molecule has 1 fully saturated rings. The van der Waals surface area contributed by atoms with E-state index >= 15 is 0 Å². The van der Waals surface area contributed by atoms with Crippen molar-refractivity contribution in [2.24, 2.45) is 5.92 Å². The molecule has 20 heavy (non-hydrogen) atoms. The van der Waals surface area contributed by atoms with Gasteiger partial charge >= 0.3 is 6.09 Å². The number of hydrogen-bond donors (Lipinski definition) is 1. The van der Waals surface area contributed by atoms with Crippen molar-refractivity contribution in [1.82, 2.24) is 15.1 Å². The lowest BCUT2D eigenvalue weighted by Gasteiger charge is -2.24. The number of carbonyl (C=O) groups is 1. The average molecular weight is 299 g/mol. The van der Waals surface area contributed by atoms with Crippen molar-refractivity contribution < 1.29 is 14.6 Å². The molecule has 0 bridgehead atoms. The number of hydrogen-bond acceptors (Lipinski definition) is 6. The molecule has 0 aliphatic carbocycles. The molecule has 0 spiro atoms. The van der Waals surface area contributed by atoms with Crippen LogP contribution in [0.5, 0.6) is 0 Å². The summed E-state index contributed by atoms with van der Waals surface area (Å²) >= 11 is 1.53. The van der Waals surface area contributed by atoms with Crippen LogP contribution in [0.15, 0.2) is 0 Å². The fraction of sp³-hybridized carbons (Fsp3) is 0.769. The summed E-state index contributed by atoms with van der Waals surface area (Å²) < 4.78 is 5.32. The molecule has 1 N–H and O–H groups in total. The van der Waals surface area contributed by atoms with Crippen LogP contribution >= 0.6 is 11.3 Å². The topological polar surface area (TPSA) is 75.6 Å². The van der Waals surface area contributed by atoms with Gasteiger partial charge in [0.2, 0.25) is 0 Å². The number of rotatable bonds is 2. The van der Waals surface area contributed by atoms with Crippen molar-refractivity contribution in [1.29, 1.82) is 0 Å². The van der Waals surface area contributed by atoms with Gasteiger partial charge in [-0.2, -0.15) is 0 Å². The zero-order chi connectivity index (χ0) is 14.9. The highest BCUT2D eigenvalue weighted by Gasteiger charge is 2.36. The van der Waals surface area contributed by atoms with E-state index in [1.165, 1.54) is 11.3 Å². The molecule has 0 radical (unpaired) electrons. The first kappa shape index (κ1) is 15.2. The predicted molar refractivity (Wildman–Crippen MR) is 75.7 cm³/mol. The molecule has 2 atom stereocenters. The molecular formula is C13H21N3O3S. The third kappa shape index (κ3) is 3.89. The van der Waals surface area contributed by atoms with Gasteiger partial charge in [-0.3, -0.25) is 0 Å². The van der Waals surface area contributed by atoms with Crippen LogP contribution in [0.3, 0.4) is 0 Å². The molecule has 1 aromatic heterocycles. The SMILES string of the molecule is Cc1nnc(CC2CN(C(=O)OC(C)(C)C)CC2O)s1. The second-order valence-corrected chi connectivity index (χ2v) is 7.40. The van der Waals surface area contributed by atoms with Gasteiger partial charge in [-0.25, -0.2) is 4.79 Å². The van der Waals surface area contributed by atoms with Crippen LogP contribution in [0.25, 0.3) is 0 Å². The first-order chi connectivity index (χ1) is 9.24. The summed E-state index contributed by atoms with van der Waals surface area (Å²) in [5.41, 5.74) is -0.517. The number of nitrogens with zero attached hydrogens (tertiary/aromatic N) is 3. The molecule has 2 heterocycles. The number of aliphatic hydroxyl groups excluding tert-OH is 1. The van der Waals surface area contributed by atoms with Gasteiger partial charge in [-0.15, -0.1) is 21.5 Å². The van der Waals surface area contributed by atoms with Gasteiger partial charge in [-0.1, -0.05) is 0 Å². The van der Waals surface area contributed by atoms with Gasteiger partial charge in [0, 0.05) is 18.9 Å². The molecule has 1 aliphatic heterocycles. The lowest BCUT2D eigenvalue weighted by atomic mass is 10.0. The normalized spacial score (nSPS) is 23.1. The molecule has 112 valence electrons. The Hall–Kier alpha value is -1.21. The molecule has 6 nitrogen and oxygen atoms in total. The number of aryl methyl sites for hydroxylation is 1. The molecule has 0 aromatic carbocycles. The molecule has 1 aromatic rings. The van der Waals surface area contributed by atoms with Crippen molar-refractivity contribution in [2.75, 3.05) is 13.1 Å². The molecule has 1 amide bonds. The summed E-state index contributed by atoms with van der Waals surface area (Å²) in [6.07, 6.45) is -0.259. The zero-order valence-corrected chi connectivity index (χ0v) is 13.1. The second-order valence-electron chi connectivity index (χ2n) is 6.13. The van der Waals surface area contributed by atoms with Crippen molar-refractivity contribution in [2.45, 2.75) is 45.8 Å². The van der Waals surface area contributed by atoms with Crippen molar-refractivity contribution in [3.8, 4) is 0 Å². The monoisotopic (exact) mass is 299 g/mol. The summed E-state index contributed by atoms with van der Waals surface area (Å²) in [5, 5.41) is 19.9. The van der Waals surface area contributed by atoms with Crippen molar-refractivity contribution >= 4 is 17.4 Å². The van der Waals surface area contributed by atoms with Crippen LogP contribution in [0, 0.1) is 12.8 Å². The standard InChI is InChI=1S/C13H21N3O3S/c1-8-14-15-11(20-8)5-9-6-16(7-10(9)17)12(18)19-13(2,3)4/h9-10,17H,5-7H2,1-4H3. The third-order valence-electron chi connectivity index (χ3n) is 3.06. The average Bonchev–Trinajstić information content (AvgIpc) is 2.85. The third-order valence-corrected chi connectivity index (χ3v) is 3.92. The highest BCUT2D eigenvalue weighted by molar-refractivity contribution is 7.11. The van der Waals surface area contributed by atoms with E-state index in [0.29, 0.717) is 19.5 Å². The zero-order valence-electron chi connectivity index (χ0n) is 12.3. The summed E-state index contributed by atoms with van der Waals surface area (Å²) in [5.74, 6) is -0.00475. The van der Waals surface area contributed by atoms with E-state index in [0.717, 1.165) is 10.0 Å². The lowest BCUT2D eigenvalue weighted by molar-refractivity contribution is 0.0269. The van der Waals surface area contributed by atoms with Crippen LogP contribution in [-0.4, -0.2) is 51.1 Å². The lowest BCUT2D eigenvalue weighted by Crippen LogP contribution is -2.35. The minimum absolute atomic E-state index is 0.00475. The first-order valence-electron chi connectivity index (χ1n) is 6.69. The Labute approximate surface area is 122 Å². The maximum atomic E-state index is 12.0. The number of ether oxygens (including phenoxy) is 1. The highest BCUT2D eigenvalue weighted by Crippen LogP contribution is 2.24. The summed E-state index contributed by atoms with van der Waals surface area (Å²) in [6, 6.07) is 0. The number of aromatic nitrogens is 2. The Kier molecular flexibility index (Phi) is 4.29. The van der Waals surface area contributed by atoms with Gasteiger partial charge in [0.15, 0.2) is 0 Å². The molecule has 1 saturated heterocycles. The Balaban J connectivity index is 1.93. The quantitative estimate of drug-likeness (QED) is 0.898. The summed E-state index contributed by atoms with van der Waals surface area (Å²) in [6.45, 7) is 8.21. The predicted octanol–water partition coefficient (Wildman–Crippen LogP) is 1.62. The van der Waals surface area contributed by atoms with E-state index in [4.69, 9.17) is 4.74 Å². The fourth-order valence-corrected chi connectivity index (χ4v) is 2.98. The van der Waals surface area contributed by atoms with Gasteiger partial charge in [0.05, 0.1) is 12.6 Å². The minimum Gasteiger partial charge on any atom is -0.444 e. The number of likely N-dealkylation sites (tertiary alicyclic amines) is 1. The van der Waals surface area contributed by atoms with E-state index in [-0.39, 0.29) is 12.0 Å². The van der Waals surface area contributed by atoms with Crippen molar-refractivity contribution in [3.63, 3.8) is 0 Å². The summed E-state index contributed by atoms with van der Waals surface area (Å²) in [7, 11) is 0. The first-order valence-corrected chi connectivity index (χ1v) is 7.51.